The zero-order chi connectivity index (χ0) is 15.2. The van der Waals surface area contributed by atoms with Crippen molar-refractivity contribution < 1.29 is 4.74 Å². The lowest BCUT2D eigenvalue weighted by Crippen LogP contribution is -2.37. The van der Waals surface area contributed by atoms with E-state index in [0.29, 0.717) is 12.6 Å². The highest BCUT2D eigenvalue weighted by Gasteiger charge is 2.18. The summed E-state index contributed by atoms with van der Waals surface area (Å²) in [6.45, 7) is 6.04. The van der Waals surface area contributed by atoms with Gasteiger partial charge in [-0.25, -0.2) is 0 Å². The minimum atomic E-state index is 0.493. The van der Waals surface area contributed by atoms with Crippen LogP contribution in [0.4, 0.5) is 11.4 Å². The van der Waals surface area contributed by atoms with Crippen molar-refractivity contribution in [3.05, 3.63) is 30.5 Å². The van der Waals surface area contributed by atoms with Crippen molar-refractivity contribution in [1.29, 1.82) is 0 Å². The van der Waals surface area contributed by atoms with Crippen LogP contribution in [0.15, 0.2) is 30.5 Å². The maximum Gasteiger partial charge on any atom is 0.0951 e. The van der Waals surface area contributed by atoms with Crippen molar-refractivity contribution in [3.8, 4) is 0 Å². The summed E-state index contributed by atoms with van der Waals surface area (Å²) in [5, 5.41) is 1.11. The van der Waals surface area contributed by atoms with Gasteiger partial charge in [0.05, 0.1) is 17.8 Å². The van der Waals surface area contributed by atoms with Crippen LogP contribution in [-0.2, 0) is 4.74 Å². The monoisotopic (exact) mass is 287 g/mol. The zero-order valence-corrected chi connectivity index (χ0v) is 13.2. The van der Waals surface area contributed by atoms with Crippen LogP contribution in [0.3, 0.4) is 0 Å². The number of aromatic nitrogens is 1. The molecule has 0 amide bonds. The minimum Gasteiger partial charge on any atom is -0.397 e. The minimum absolute atomic E-state index is 0.493. The van der Waals surface area contributed by atoms with Gasteiger partial charge in [-0.3, -0.25) is 4.98 Å². The van der Waals surface area contributed by atoms with E-state index in [2.05, 4.69) is 35.9 Å². The fraction of sp³-hybridized carbons (Fsp3) is 0.471. The van der Waals surface area contributed by atoms with Crippen LogP contribution < -0.4 is 10.6 Å². The van der Waals surface area contributed by atoms with Crippen molar-refractivity contribution in [2.75, 3.05) is 30.9 Å². The van der Waals surface area contributed by atoms with E-state index in [1.54, 1.807) is 13.3 Å². The molecular weight excluding hydrogens is 262 g/mol. The predicted octanol–water partition coefficient (Wildman–Crippen LogP) is 3.46. The fourth-order valence-corrected chi connectivity index (χ4v) is 2.85. The summed E-state index contributed by atoms with van der Waals surface area (Å²) in [6.07, 6.45) is 4.00. The fourth-order valence-electron chi connectivity index (χ4n) is 2.85. The second-order valence-electron chi connectivity index (χ2n) is 5.23. The summed E-state index contributed by atoms with van der Waals surface area (Å²) >= 11 is 0. The smallest absolute Gasteiger partial charge is 0.0951 e. The number of nitrogen functional groups attached to an aromatic ring is 1. The molecule has 21 heavy (non-hydrogen) atoms. The Kier molecular flexibility index (Phi) is 5.39. The number of hydrogen-bond donors (Lipinski definition) is 1. The quantitative estimate of drug-likeness (QED) is 0.792. The first-order valence-corrected chi connectivity index (χ1v) is 7.61. The molecule has 1 aromatic heterocycles. The van der Waals surface area contributed by atoms with E-state index >= 15 is 0 Å². The van der Waals surface area contributed by atoms with E-state index in [4.69, 9.17) is 10.5 Å². The molecule has 1 heterocycles. The number of methoxy groups -OCH3 is 1. The number of hydrogen-bond acceptors (Lipinski definition) is 4. The van der Waals surface area contributed by atoms with E-state index < -0.39 is 0 Å². The highest BCUT2D eigenvalue weighted by Crippen LogP contribution is 2.31. The Balaban J connectivity index is 2.51. The maximum absolute atomic E-state index is 6.06. The lowest BCUT2D eigenvalue weighted by atomic mass is 10.1. The van der Waals surface area contributed by atoms with Crippen molar-refractivity contribution in [2.24, 2.45) is 0 Å². The van der Waals surface area contributed by atoms with Crippen LogP contribution in [0.25, 0.3) is 10.9 Å². The standard InChI is InChI=1S/C17H25N3O/c1-4-13(5-2)20(11-12-21-3)16-9-8-15(18)17-14(16)7-6-10-19-17/h6-10,13H,4-5,11-12,18H2,1-3H3. The molecule has 1 aromatic carbocycles. The van der Waals surface area contributed by atoms with Gasteiger partial charge in [-0.05, 0) is 37.1 Å². The van der Waals surface area contributed by atoms with Crippen molar-refractivity contribution >= 4 is 22.3 Å². The van der Waals surface area contributed by atoms with E-state index in [-0.39, 0.29) is 0 Å². The molecule has 0 bridgehead atoms. The molecular formula is C17H25N3O. The largest absolute Gasteiger partial charge is 0.397 e. The van der Waals surface area contributed by atoms with E-state index in [9.17, 15) is 0 Å². The predicted molar refractivity (Wildman–Crippen MR) is 89.7 cm³/mol. The SMILES string of the molecule is CCC(CC)N(CCOC)c1ccc(N)c2ncccc12. The van der Waals surface area contributed by atoms with Gasteiger partial charge in [0.1, 0.15) is 0 Å². The average Bonchev–Trinajstić information content (AvgIpc) is 2.53. The Hall–Kier alpha value is -1.81. The number of fused-ring (bicyclic) bond motifs is 1. The second-order valence-corrected chi connectivity index (χ2v) is 5.23. The van der Waals surface area contributed by atoms with E-state index in [1.807, 2.05) is 12.1 Å². The van der Waals surface area contributed by atoms with Gasteiger partial charge in [0.15, 0.2) is 0 Å². The number of nitrogens with zero attached hydrogens (tertiary/aromatic N) is 2. The lowest BCUT2D eigenvalue weighted by Gasteiger charge is -2.33. The van der Waals surface area contributed by atoms with Crippen LogP contribution in [0.2, 0.25) is 0 Å². The molecule has 114 valence electrons. The van der Waals surface area contributed by atoms with Gasteiger partial charge in [-0.1, -0.05) is 13.8 Å². The molecule has 0 aliphatic heterocycles. The molecule has 0 aliphatic carbocycles. The molecule has 4 heteroatoms. The molecule has 2 N–H and O–H groups in total. The Bertz CT molecular complexity index is 581. The number of nitrogens with two attached hydrogens (primary N) is 1. The first-order chi connectivity index (χ1) is 10.2. The van der Waals surface area contributed by atoms with Gasteiger partial charge >= 0.3 is 0 Å². The highest BCUT2D eigenvalue weighted by atomic mass is 16.5. The molecule has 0 saturated carbocycles. The Morgan fingerprint density at radius 1 is 1.24 bits per heavy atom. The number of anilines is 2. The summed E-state index contributed by atoms with van der Waals surface area (Å²) in [7, 11) is 1.74. The van der Waals surface area contributed by atoms with Gasteiger partial charge in [0, 0.05) is 37.0 Å². The van der Waals surface area contributed by atoms with Crippen molar-refractivity contribution in [3.63, 3.8) is 0 Å². The Morgan fingerprint density at radius 3 is 2.67 bits per heavy atom. The number of ether oxygens (including phenoxy) is 1. The summed E-state index contributed by atoms with van der Waals surface area (Å²) in [5.41, 5.74) is 8.86. The normalized spacial score (nSPS) is 11.2. The van der Waals surface area contributed by atoms with Gasteiger partial charge in [-0.2, -0.15) is 0 Å². The molecule has 0 unspecified atom stereocenters. The number of rotatable bonds is 7. The van der Waals surface area contributed by atoms with Crippen molar-refractivity contribution in [1.82, 2.24) is 4.98 Å². The third kappa shape index (κ3) is 3.27. The van der Waals surface area contributed by atoms with Crippen LogP contribution in [0.5, 0.6) is 0 Å². The second kappa shape index (κ2) is 7.27. The number of pyridine rings is 1. The average molecular weight is 287 g/mol. The maximum atomic E-state index is 6.06. The lowest BCUT2D eigenvalue weighted by molar-refractivity contribution is 0.202. The third-order valence-corrected chi connectivity index (χ3v) is 4.01. The van der Waals surface area contributed by atoms with Crippen LogP contribution in [0.1, 0.15) is 26.7 Å². The van der Waals surface area contributed by atoms with Gasteiger partial charge in [-0.15, -0.1) is 0 Å². The van der Waals surface area contributed by atoms with Crippen LogP contribution >= 0.6 is 0 Å². The highest BCUT2D eigenvalue weighted by molar-refractivity contribution is 5.98. The van der Waals surface area contributed by atoms with Crippen LogP contribution in [0, 0.1) is 0 Å². The molecule has 2 rings (SSSR count). The first kappa shape index (κ1) is 15.6. The summed E-state index contributed by atoms with van der Waals surface area (Å²) in [5.74, 6) is 0. The van der Waals surface area contributed by atoms with Crippen LogP contribution in [-0.4, -0.2) is 31.3 Å². The van der Waals surface area contributed by atoms with E-state index in [0.717, 1.165) is 36.0 Å². The first-order valence-electron chi connectivity index (χ1n) is 7.61. The third-order valence-electron chi connectivity index (χ3n) is 4.01. The molecule has 0 radical (unpaired) electrons. The Labute approximate surface area is 126 Å². The summed E-state index contributed by atoms with van der Waals surface area (Å²) in [4.78, 5) is 6.86. The van der Waals surface area contributed by atoms with Gasteiger partial charge < -0.3 is 15.4 Å². The molecule has 0 saturated heterocycles. The Morgan fingerprint density at radius 2 is 2.00 bits per heavy atom. The molecule has 0 aliphatic rings. The summed E-state index contributed by atoms with van der Waals surface area (Å²) < 4.78 is 5.29. The van der Waals surface area contributed by atoms with Gasteiger partial charge in [0.2, 0.25) is 0 Å². The zero-order valence-electron chi connectivity index (χ0n) is 13.2. The molecule has 0 spiro atoms. The summed E-state index contributed by atoms with van der Waals surface area (Å²) in [6, 6.07) is 8.61. The van der Waals surface area contributed by atoms with Gasteiger partial charge in [0.25, 0.3) is 0 Å². The molecule has 0 atom stereocenters. The topological polar surface area (TPSA) is 51.4 Å². The molecule has 2 aromatic rings. The van der Waals surface area contributed by atoms with E-state index in [1.165, 1.54) is 5.69 Å². The molecule has 0 fully saturated rings. The molecule has 4 nitrogen and oxygen atoms in total. The van der Waals surface area contributed by atoms with Crippen molar-refractivity contribution in [2.45, 2.75) is 32.7 Å². The number of benzene rings is 1.